The summed E-state index contributed by atoms with van der Waals surface area (Å²) in [6, 6.07) is 12.8. The number of fused-ring (bicyclic) bond motifs is 4. The van der Waals surface area contributed by atoms with Gasteiger partial charge in [-0.25, -0.2) is 14.4 Å². The quantitative estimate of drug-likeness (QED) is 0.324. The Kier molecular flexibility index (Phi) is 7.09. The minimum Gasteiger partial charge on any atom is -0.485 e. The molecule has 0 N–H and O–H groups in total. The van der Waals surface area contributed by atoms with Gasteiger partial charge >= 0.3 is 6.18 Å². The Balaban J connectivity index is 0.00000308. The highest BCUT2D eigenvalue weighted by atomic mass is 35.5. The first-order valence-electron chi connectivity index (χ1n) is 12.2. The van der Waals surface area contributed by atoms with Crippen molar-refractivity contribution in [3.8, 4) is 17.5 Å². The van der Waals surface area contributed by atoms with Crippen LogP contribution in [0.5, 0.6) is 5.75 Å². The number of piperazine rings is 1. The number of anilines is 1. The molecule has 1 fully saturated rings. The number of nitrogens with zero attached hydrogens (tertiary/aromatic N) is 6. The van der Waals surface area contributed by atoms with Crippen LogP contribution in [0.2, 0.25) is 0 Å². The number of hydrogen-bond donors (Lipinski definition) is 0. The standard InChI is InChI=1S/C27H22F4N6O.ClH/c28-19-5-6-23-26(38-15-24-21(14-32)33-16-37(23)24)17(19)8-9-35-10-12-36(13-11-35)22-3-1-2-20-18(22)4-7-25(34-20)27(29,30)31;/h1-7,16H,8-13,15H2;1H. The van der Waals surface area contributed by atoms with Gasteiger partial charge in [-0.15, -0.1) is 12.4 Å². The maximum atomic E-state index is 14.9. The van der Waals surface area contributed by atoms with Crippen LogP contribution < -0.4 is 9.64 Å². The number of benzene rings is 2. The molecule has 202 valence electrons. The van der Waals surface area contributed by atoms with Gasteiger partial charge in [0.05, 0.1) is 16.9 Å². The zero-order valence-electron chi connectivity index (χ0n) is 20.6. The molecule has 0 saturated carbocycles. The summed E-state index contributed by atoms with van der Waals surface area (Å²) in [5.41, 5.74) is 2.36. The van der Waals surface area contributed by atoms with Crippen molar-refractivity contribution in [3.05, 3.63) is 77.3 Å². The van der Waals surface area contributed by atoms with Crippen LogP contribution in [0.3, 0.4) is 0 Å². The molecule has 0 bridgehead atoms. The Bertz CT molecular complexity index is 1570. The average Bonchev–Trinajstić information content (AvgIpc) is 3.35. The SMILES string of the molecule is Cl.N#Cc1ncn2c1COc1c-2ccc(F)c1CCN1CCN(c2cccc3nc(C(F)(F)F)ccc23)CC1. The van der Waals surface area contributed by atoms with E-state index >= 15 is 0 Å². The Morgan fingerprint density at radius 3 is 2.54 bits per heavy atom. The van der Waals surface area contributed by atoms with Crippen molar-refractivity contribution in [1.29, 1.82) is 5.26 Å². The molecule has 2 aromatic heterocycles. The first-order chi connectivity index (χ1) is 18.3. The molecule has 0 atom stereocenters. The van der Waals surface area contributed by atoms with Crippen molar-refractivity contribution < 1.29 is 22.3 Å². The molecule has 2 aromatic carbocycles. The monoisotopic (exact) mass is 558 g/mol. The van der Waals surface area contributed by atoms with E-state index in [1.54, 1.807) is 29.1 Å². The Morgan fingerprint density at radius 1 is 1.00 bits per heavy atom. The molecular weight excluding hydrogens is 536 g/mol. The number of rotatable bonds is 4. The second-order valence-corrected chi connectivity index (χ2v) is 9.30. The van der Waals surface area contributed by atoms with Crippen LogP contribution >= 0.6 is 12.4 Å². The first-order valence-corrected chi connectivity index (χ1v) is 12.2. The lowest BCUT2D eigenvalue weighted by Gasteiger charge is -2.36. The van der Waals surface area contributed by atoms with Gasteiger partial charge in [0.25, 0.3) is 0 Å². The van der Waals surface area contributed by atoms with Crippen molar-refractivity contribution in [3.63, 3.8) is 0 Å². The summed E-state index contributed by atoms with van der Waals surface area (Å²) in [5, 5.41) is 9.93. The molecule has 4 aromatic rings. The summed E-state index contributed by atoms with van der Waals surface area (Å²) in [5.74, 6) is 0.132. The topological polar surface area (TPSA) is 70.2 Å². The molecule has 7 nitrogen and oxygen atoms in total. The van der Waals surface area contributed by atoms with Crippen LogP contribution in [0.1, 0.15) is 22.6 Å². The van der Waals surface area contributed by atoms with Gasteiger partial charge in [-0.3, -0.25) is 9.47 Å². The van der Waals surface area contributed by atoms with Gasteiger partial charge in [0.1, 0.15) is 36.3 Å². The fourth-order valence-electron chi connectivity index (χ4n) is 5.18. The van der Waals surface area contributed by atoms with Crippen LogP contribution in [0.4, 0.5) is 23.2 Å². The van der Waals surface area contributed by atoms with Crippen molar-refractivity contribution in [2.75, 3.05) is 37.6 Å². The fraction of sp³-hybridized carbons (Fsp3) is 0.296. The van der Waals surface area contributed by atoms with Gasteiger partial charge < -0.3 is 9.64 Å². The largest absolute Gasteiger partial charge is 0.485 e. The summed E-state index contributed by atoms with van der Waals surface area (Å²) in [6.45, 7) is 3.58. The first kappa shape index (κ1) is 26.7. The lowest BCUT2D eigenvalue weighted by atomic mass is 10.1. The van der Waals surface area contributed by atoms with Crippen LogP contribution in [-0.2, 0) is 19.2 Å². The van der Waals surface area contributed by atoms with Crippen molar-refractivity contribution in [1.82, 2.24) is 19.4 Å². The van der Waals surface area contributed by atoms with Crippen LogP contribution in [0.25, 0.3) is 16.6 Å². The second kappa shape index (κ2) is 10.4. The van der Waals surface area contributed by atoms with E-state index in [1.165, 1.54) is 12.1 Å². The normalized spacial score (nSPS) is 15.2. The van der Waals surface area contributed by atoms with Gasteiger partial charge in [0.15, 0.2) is 5.69 Å². The second-order valence-electron chi connectivity index (χ2n) is 9.30. The van der Waals surface area contributed by atoms with E-state index in [0.717, 1.165) is 24.8 Å². The van der Waals surface area contributed by atoms with Crippen molar-refractivity contribution in [2.24, 2.45) is 0 Å². The highest BCUT2D eigenvalue weighted by Gasteiger charge is 2.33. The summed E-state index contributed by atoms with van der Waals surface area (Å²) in [7, 11) is 0. The molecule has 12 heteroatoms. The molecule has 39 heavy (non-hydrogen) atoms. The minimum absolute atomic E-state index is 0. The average molecular weight is 559 g/mol. The van der Waals surface area contributed by atoms with E-state index in [0.29, 0.717) is 65.3 Å². The lowest BCUT2D eigenvalue weighted by Crippen LogP contribution is -2.47. The van der Waals surface area contributed by atoms with Crippen molar-refractivity contribution in [2.45, 2.75) is 19.2 Å². The summed E-state index contributed by atoms with van der Waals surface area (Å²) >= 11 is 0. The number of imidazole rings is 1. The van der Waals surface area contributed by atoms with Crippen LogP contribution in [-0.4, -0.2) is 52.2 Å². The molecule has 4 heterocycles. The number of nitriles is 1. The Morgan fingerprint density at radius 2 is 1.79 bits per heavy atom. The van der Waals surface area contributed by atoms with Crippen LogP contribution in [0.15, 0.2) is 48.8 Å². The van der Waals surface area contributed by atoms with E-state index in [-0.39, 0.29) is 24.8 Å². The Hall–Kier alpha value is -3.88. The van der Waals surface area contributed by atoms with Gasteiger partial charge in [-0.1, -0.05) is 6.07 Å². The molecule has 0 unspecified atom stereocenters. The number of alkyl halides is 3. The zero-order chi connectivity index (χ0) is 26.4. The third kappa shape index (κ3) is 4.86. The molecule has 0 aliphatic carbocycles. The lowest BCUT2D eigenvalue weighted by molar-refractivity contribution is -0.140. The maximum absolute atomic E-state index is 14.9. The maximum Gasteiger partial charge on any atom is 0.433 e. The van der Waals surface area contributed by atoms with Crippen LogP contribution in [0, 0.1) is 17.1 Å². The predicted octanol–water partition coefficient (Wildman–Crippen LogP) is 5.13. The van der Waals surface area contributed by atoms with Gasteiger partial charge in [0, 0.05) is 49.4 Å². The smallest absolute Gasteiger partial charge is 0.433 e. The number of pyridine rings is 1. The molecule has 6 rings (SSSR count). The van der Waals surface area contributed by atoms with Gasteiger partial charge in [-0.05, 0) is 42.8 Å². The molecule has 0 amide bonds. The van der Waals surface area contributed by atoms with E-state index in [4.69, 9.17) is 4.74 Å². The van der Waals surface area contributed by atoms with E-state index in [9.17, 15) is 22.8 Å². The third-order valence-electron chi connectivity index (χ3n) is 7.16. The minimum atomic E-state index is -4.49. The summed E-state index contributed by atoms with van der Waals surface area (Å²) in [6.07, 6.45) is -2.48. The van der Waals surface area contributed by atoms with Gasteiger partial charge in [0.2, 0.25) is 0 Å². The highest BCUT2D eigenvalue weighted by molar-refractivity contribution is 5.92. The molecule has 0 spiro atoms. The van der Waals surface area contributed by atoms with Gasteiger partial charge in [-0.2, -0.15) is 18.4 Å². The number of ether oxygens (including phenoxy) is 1. The van der Waals surface area contributed by atoms with E-state index in [1.807, 2.05) is 12.1 Å². The van der Waals surface area contributed by atoms with E-state index in [2.05, 4.69) is 19.8 Å². The zero-order valence-corrected chi connectivity index (χ0v) is 21.4. The molecule has 2 aliphatic heterocycles. The Labute approximate surface area is 227 Å². The highest BCUT2D eigenvalue weighted by Crippen LogP contribution is 2.36. The molecule has 1 saturated heterocycles. The summed E-state index contributed by atoms with van der Waals surface area (Å²) in [4.78, 5) is 12.3. The van der Waals surface area contributed by atoms with Crippen molar-refractivity contribution >= 4 is 29.0 Å². The predicted molar refractivity (Wildman–Crippen MR) is 139 cm³/mol. The summed E-state index contributed by atoms with van der Waals surface area (Å²) < 4.78 is 61.8. The number of halogens is 5. The third-order valence-corrected chi connectivity index (χ3v) is 7.16. The number of hydrogen-bond acceptors (Lipinski definition) is 6. The molecule has 0 radical (unpaired) electrons. The molecular formula is C27H23ClF4N6O. The fourth-order valence-corrected chi connectivity index (χ4v) is 5.18. The van der Waals surface area contributed by atoms with E-state index < -0.39 is 11.9 Å². The molecule has 2 aliphatic rings. The number of aromatic nitrogens is 3.